The average molecular weight is 279 g/mol. The third-order valence-corrected chi connectivity index (χ3v) is 3.83. The number of rotatable bonds is 7. The lowest BCUT2D eigenvalue weighted by molar-refractivity contribution is 0.0323. The molecular weight excluding hydrogens is 254 g/mol. The van der Waals surface area contributed by atoms with E-state index in [0.29, 0.717) is 18.7 Å². The summed E-state index contributed by atoms with van der Waals surface area (Å²) in [5.41, 5.74) is 7.82. The molecule has 0 spiro atoms. The molecule has 0 aliphatic rings. The van der Waals surface area contributed by atoms with Crippen LogP contribution in [-0.2, 0) is 6.54 Å². The van der Waals surface area contributed by atoms with Gasteiger partial charge in [-0.1, -0.05) is 31.1 Å². The van der Waals surface area contributed by atoms with Crippen LogP contribution < -0.4 is 11.1 Å². The first-order valence-corrected chi connectivity index (χ1v) is 6.96. The minimum absolute atomic E-state index is 0.110. The minimum Gasteiger partial charge on any atom is -0.409 e. The Bertz CT molecular complexity index is 468. The molecule has 0 aliphatic heterocycles. The van der Waals surface area contributed by atoms with Crippen LogP contribution in [-0.4, -0.2) is 28.3 Å². The van der Waals surface area contributed by atoms with E-state index in [-0.39, 0.29) is 5.84 Å². The van der Waals surface area contributed by atoms with Crippen LogP contribution in [0.3, 0.4) is 0 Å². The van der Waals surface area contributed by atoms with Gasteiger partial charge < -0.3 is 21.4 Å². The molecule has 1 aromatic carbocycles. The van der Waals surface area contributed by atoms with Crippen LogP contribution in [0.1, 0.15) is 43.4 Å². The molecular formula is C15H25N3O2. The third-order valence-electron chi connectivity index (χ3n) is 3.83. The van der Waals surface area contributed by atoms with Crippen LogP contribution in [0.5, 0.6) is 0 Å². The highest BCUT2D eigenvalue weighted by atomic mass is 16.4. The molecule has 112 valence electrons. The zero-order chi connectivity index (χ0) is 15.2. The number of nitrogens with zero attached hydrogens (tertiary/aromatic N) is 1. The number of oxime groups is 1. The molecule has 0 bridgehead atoms. The molecule has 5 nitrogen and oxygen atoms in total. The maximum Gasteiger partial charge on any atom is 0.170 e. The van der Waals surface area contributed by atoms with E-state index in [2.05, 4.69) is 10.5 Å². The van der Waals surface area contributed by atoms with Crippen LogP contribution in [0.2, 0.25) is 0 Å². The SMILES string of the molecule is CCC(O)(CC)CNCc1ccc(/C(N)=N/O)cc1C. The third kappa shape index (κ3) is 4.21. The molecule has 0 saturated carbocycles. The molecule has 5 heteroatoms. The number of nitrogens with two attached hydrogens (primary N) is 1. The number of hydrogen-bond acceptors (Lipinski definition) is 4. The van der Waals surface area contributed by atoms with Crippen molar-refractivity contribution in [3.63, 3.8) is 0 Å². The number of aliphatic hydroxyl groups is 1. The van der Waals surface area contributed by atoms with E-state index in [1.807, 2.05) is 39.0 Å². The molecule has 5 N–H and O–H groups in total. The fourth-order valence-electron chi connectivity index (χ4n) is 2.04. The molecule has 0 heterocycles. The number of amidine groups is 1. The van der Waals surface area contributed by atoms with Gasteiger partial charge in [-0.05, 0) is 37.0 Å². The summed E-state index contributed by atoms with van der Waals surface area (Å²) < 4.78 is 0. The van der Waals surface area contributed by atoms with E-state index in [9.17, 15) is 5.11 Å². The van der Waals surface area contributed by atoms with Crippen molar-refractivity contribution in [1.29, 1.82) is 0 Å². The normalized spacial score (nSPS) is 12.7. The fourth-order valence-corrected chi connectivity index (χ4v) is 2.04. The van der Waals surface area contributed by atoms with Gasteiger partial charge in [0, 0.05) is 18.7 Å². The summed E-state index contributed by atoms with van der Waals surface area (Å²) in [5.74, 6) is 0.110. The molecule has 20 heavy (non-hydrogen) atoms. The van der Waals surface area contributed by atoms with E-state index >= 15 is 0 Å². The first kappa shape index (κ1) is 16.5. The Hall–Kier alpha value is -1.59. The van der Waals surface area contributed by atoms with Crippen molar-refractivity contribution in [1.82, 2.24) is 5.32 Å². The molecule has 0 fully saturated rings. The lowest BCUT2D eigenvalue weighted by Gasteiger charge is -2.25. The first-order valence-electron chi connectivity index (χ1n) is 6.96. The second-order valence-corrected chi connectivity index (χ2v) is 5.16. The maximum atomic E-state index is 10.2. The van der Waals surface area contributed by atoms with Crippen molar-refractivity contribution in [2.24, 2.45) is 10.9 Å². The van der Waals surface area contributed by atoms with Crippen LogP contribution >= 0.6 is 0 Å². The first-order chi connectivity index (χ1) is 9.45. The van der Waals surface area contributed by atoms with Crippen molar-refractivity contribution in [3.05, 3.63) is 34.9 Å². The molecule has 0 unspecified atom stereocenters. The monoisotopic (exact) mass is 279 g/mol. The molecule has 0 saturated heterocycles. The summed E-state index contributed by atoms with van der Waals surface area (Å²) in [6, 6.07) is 5.66. The van der Waals surface area contributed by atoms with Crippen molar-refractivity contribution in [2.75, 3.05) is 6.54 Å². The smallest absolute Gasteiger partial charge is 0.170 e. The van der Waals surface area contributed by atoms with Gasteiger partial charge in [0.15, 0.2) is 5.84 Å². The molecule has 1 rings (SSSR count). The Morgan fingerprint density at radius 2 is 2.00 bits per heavy atom. The Kier molecular flexibility index (Phi) is 5.98. The highest BCUT2D eigenvalue weighted by Gasteiger charge is 2.21. The van der Waals surface area contributed by atoms with Gasteiger partial charge in [-0.15, -0.1) is 0 Å². The van der Waals surface area contributed by atoms with E-state index < -0.39 is 5.60 Å². The van der Waals surface area contributed by atoms with E-state index in [1.54, 1.807) is 0 Å². The maximum absolute atomic E-state index is 10.2. The topological polar surface area (TPSA) is 90.9 Å². The van der Waals surface area contributed by atoms with Crippen molar-refractivity contribution >= 4 is 5.84 Å². The number of aryl methyl sites for hydroxylation is 1. The number of nitrogens with one attached hydrogen (secondary N) is 1. The number of benzene rings is 1. The van der Waals surface area contributed by atoms with Crippen LogP contribution in [0.15, 0.2) is 23.4 Å². The summed E-state index contributed by atoms with van der Waals surface area (Å²) in [4.78, 5) is 0. The van der Waals surface area contributed by atoms with Crippen molar-refractivity contribution in [2.45, 2.75) is 45.8 Å². The highest BCUT2D eigenvalue weighted by molar-refractivity contribution is 5.97. The van der Waals surface area contributed by atoms with Gasteiger partial charge in [-0.3, -0.25) is 0 Å². The predicted octanol–water partition coefficient (Wildman–Crippen LogP) is 1.73. The summed E-state index contributed by atoms with van der Waals surface area (Å²) in [5, 5.41) is 25.1. The molecule has 0 aromatic heterocycles. The second kappa shape index (κ2) is 7.26. The van der Waals surface area contributed by atoms with E-state index in [0.717, 1.165) is 24.0 Å². The standard InChI is InChI=1S/C15H25N3O2/c1-4-15(19,5-2)10-17-9-13-7-6-12(8-11(13)3)14(16)18-20/h6-8,17,19-20H,4-5,9-10H2,1-3H3,(H2,16,18). The van der Waals surface area contributed by atoms with Crippen molar-refractivity contribution in [3.8, 4) is 0 Å². The summed E-state index contributed by atoms with van der Waals surface area (Å²) in [7, 11) is 0. The van der Waals surface area contributed by atoms with Gasteiger partial charge in [0.05, 0.1) is 5.60 Å². The summed E-state index contributed by atoms with van der Waals surface area (Å²) >= 11 is 0. The number of hydrogen-bond donors (Lipinski definition) is 4. The predicted molar refractivity (Wildman–Crippen MR) is 80.9 cm³/mol. The molecule has 0 radical (unpaired) electrons. The molecule has 0 atom stereocenters. The van der Waals surface area contributed by atoms with Gasteiger partial charge in [0.1, 0.15) is 0 Å². The average Bonchev–Trinajstić information content (AvgIpc) is 2.47. The highest BCUT2D eigenvalue weighted by Crippen LogP contribution is 2.14. The van der Waals surface area contributed by atoms with Gasteiger partial charge in [-0.25, -0.2) is 0 Å². The zero-order valence-electron chi connectivity index (χ0n) is 12.5. The molecule has 0 aliphatic carbocycles. The van der Waals surface area contributed by atoms with Gasteiger partial charge in [-0.2, -0.15) is 0 Å². The van der Waals surface area contributed by atoms with Crippen LogP contribution in [0, 0.1) is 6.92 Å². The minimum atomic E-state index is -0.637. The van der Waals surface area contributed by atoms with Gasteiger partial charge in [0.25, 0.3) is 0 Å². The Morgan fingerprint density at radius 1 is 1.35 bits per heavy atom. The summed E-state index contributed by atoms with van der Waals surface area (Å²) in [6.45, 7) is 7.22. The fraction of sp³-hybridized carbons (Fsp3) is 0.533. The largest absolute Gasteiger partial charge is 0.409 e. The van der Waals surface area contributed by atoms with Gasteiger partial charge >= 0.3 is 0 Å². The molecule has 0 amide bonds. The molecule has 1 aromatic rings. The zero-order valence-corrected chi connectivity index (χ0v) is 12.5. The van der Waals surface area contributed by atoms with Crippen LogP contribution in [0.25, 0.3) is 0 Å². The van der Waals surface area contributed by atoms with Crippen LogP contribution in [0.4, 0.5) is 0 Å². The van der Waals surface area contributed by atoms with Gasteiger partial charge in [0.2, 0.25) is 0 Å². The summed E-state index contributed by atoms with van der Waals surface area (Å²) in [6.07, 6.45) is 1.47. The Balaban J connectivity index is 2.66. The van der Waals surface area contributed by atoms with Crippen molar-refractivity contribution < 1.29 is 10.3 Å². The second-order valence-electron chi connectivity index (χ2n) is 5.16. The lowest BCUT2D eigenvalue weighted by atomic mass is 9.97. The van der Waals surface area contributed by atoms with E-state index in [1.165, 1.54) is 0 Å². The van der Waals surface area contributed by atoms with E-state index in [4.69, 9.17) is 10.9 Å². The lowest BCUT2D eigenvalue weighted by Crippen LogP contribution is -2.39. The Labute approximate surface area is 120 Å². The Morgan fingerprint density at radius 3 is 2.50 bits per heavy atom. The quantitative estimate of drug-likeness (QED) is 0.265.